The fraction of sp³-hybridized carbons (Fsp3) is 0.286. The van der Waals surface area contributed by atoms with Gasteiger partial charge in [-0.05, 0) is 53.8 Å². The van der Waals surface area contributed by atoms with Gasteiger partial charge in [-0.2, -0.15) is 0 Å². The number of phenols is 1. The molecule has 0 aromatic heterocycles. The highest BCUT2D eigenvalue weighted by atomic mass is 19.1. The normalized spacial score (nSPS) is 15.6. The molecule has 3 aromatic carbocycles. The molecule has 0 spiro atoms. The summed E-state index contributed by atoms with van der Waals surface area (Å²) in [4.78, 5) is 25.4. The van der Waals surface area contributed by atoms with Crippen LogP contribution in [-0.2, 0) is 21.6 Å². The molecule has 0 bridgehead atoms. The number of rotatable bonds is 7. The highest BCUT2D eigenvalue weighted by Crippen LogP contribution is 2.43. The van der Waals surface area contributed by atoms with Crippen LogP contribution >= 0.6 is 0 Å². The smallest absolute Gasteiger partial charge is 0.338 e. The third-order valence-electron chi connectivity index (χ3n) is 6.75. The lowest BCUT2D eigenvalue weighted by molar-refractivity contribution is -0.138. The highest BCUT2D eigenvalue weighted by molar-refractivity contribution is 5.99. The summed E-state index contributed by atoms with van der Waals surface area (Å²) in [6, 6.07) is 17.6. The predicted molar refractivity (Wildman–Crippen MR) is 130 cm³/mol. The number of nitrogens with one attached hydrogen (secondary N) is 1. The van der Waals surface area contributed by atoms with Crippen molar-refractivity contribution in [1.29, 1.82) is 0 Å². The van der Waals surface area contributed by atoms with Crippen LogP contribution < -0.4 is 5.32 Å². The predicted octanol–water partition coefficient (Wildman–Crippen LogP) is 5.04. The molecule has 0 aliphatic carbocycles. The minimum atomic E-state index is -1.94. The fourth-order valence-corrected chi connectivity index (χ4v) is 4.72. The van der Waals surface area contributed by atoms with Crippen molar-refractivity contribution in [3.63, 3.8) is 0 Å². The van der Waals surface area contributed by atoms with E-state index in [1.807, 2.05) is 30.3 Å². The highest BCUT2D eigenvalue weighted by Gasteiger charge is 2.47. The number of cyclic esters (lactones) is 1. The van der Waals surface area contributed by atoms with Gasteiger partial charge in [-0.25, -0.2) is 9.18 Å². The third-order valence-corrected chi connectivity index (χ3v) is 6.75. The number of carbonyl (C=O) groups is 2. The molecule has 1 aliphatic rings. The first-order valence-corrected chi connectivity index (χ1v) is 11.4. The van der Waals surface area contributed by atoms with Crippen LogP contribution in [0.2, 0.25) is 0 Å². The molecule has 2 unspecified atom stereocenters. The first-order valence-electron chi connectivity index (χ1n) is 11.4. The molecule has 182 valence electrons. The average Bonchev–Trinajstić information content (AvgIpc) is 3.20. The summed E-state index contributed by atoms with van der Waals surface area (Å²) in [5.74, 6) is -2.34. The quantitative estimate of drug-likeness (QED) is 0.414. The fourth-order valence-electron chi connectivity index (χ4n) is 4.72. The van der Waals surface area contributed by atoms with Gasteiger partial charge in [-0.3, -0.25) is 4.79 Å². The minimum Gasteiger partial charge on any atom is -0.508 e. The molecule has 1 heterocycles. The van der Waals surface area contributed by atoms with E-state index in [9.17, 15) is 24.2 Å². The molecule has 0 fully saturated rings. The maximum Gasteiger partial charge on any atom is 0.338 e. The largest absolute Gasteiger partial charge is 0.508 e. The number of hydrogen-bond donors (Lipinski definition) is 3. The summed E-state index contributed by atoms with van der Waals surface area (Å²) < 4.78 is 19.1. The number of fused-ring (bicyclic) bond motifs is 1. The SMILES string of the molecule is CC(c1ccccc1)C(O)(CC(C)(C)c1cc(F)ccc1O)C(=O)Nc1ccc2c(c1)COC2=O. The molecular formula is C28H28FNO5. The van der Waals surface area contributed by atoms with Crippen LogP contribution in [0.5, 0.6) is 5.75 Å². The zero-order valence-electron chi connectivity index (χ0n) is 19.8. The Balaban J connectivity index is 1.71. The Labute approximate surface area is 203 Å². The maximum atomic E-state index is 14.0. The van der Waals surface area contributed by atoms with Crippen LogP contribution in [-0.4, -0.2) is 27.7 Å². The van der Waals surface area contributed by atoms with Crippen molar-refractivity contribution in [2.75, 3.05) is 5.32 Å². The summed E-state index contributed by atoms with van der Waals surface area (Å²) in [6.45, 7) is 5.37. The van der Waals surface area contributed by atoms with Crippen LogP contribution in [0, 0.1) is 5.82 Å². The lowest BCUT2D eigenvalue weighted by Crippen LogP contribution is -2.50. The van der Waals surface area contributed by atoms with Crippen molar-refractivity contribution in [1.82, 2.24) is 0 Å². The number of amides is 1. The van der Waals surface area contributed by atoms with Gasteiger partial charge in [0.15, 0.2) is 5.60 Å². The van der Waals surface area contributed by atoms with Gasteiger partial charge in [-0.1, -0.05) is 51.1 Å². The zero-order chi connectivity index (χ0) is 25.4. The molecule has 1 amide bonds. The van der Waals surface area contributed by atoms with Crippen molar-refractivity contribution < 1.29 is 28.9 Å². The van der Waals surface area contributed by atoms with E-state index in [0.717, 1.165) is 11.6 Å². The van der Waals surface area contributed by atoms with Crippen molar-refractivity contribution in [3.05, 3.63) is 94.8 Å². The molecule has 35 heavy (non-hydrogen) atoms. The molecule has 3 N–H and O–H groups in total. The lowest BCUT2D eigenvalue weighted by atomic mass is 9.69. The van der Waals surface area contributed by atoms with Gasteiger partial charge >= 0.3 is 5.97 Å². The van der Waals surface area contributed by atoms with Crippen molar-refractivity contribution in [3.8, 4) is 5.75 Å². The number of aliphatic hydroxyl groups is 1. The Morgan fingerprint density at radius 2 is 1.83 bits per heavy atom. The molecular weight excluding hydrogens is 449 g/mol. The first kappa shape index (κ1) is 24.4. The molecule has 0 radical (unpaired) electrons. The van der Waals surface area contributed by atoms with E-state index in [2.05, 4.69) is 5.32 Å². The van der Waals surface area contributed by atoms with E-state index in [1.165, 1.54) is 12.1 Å². The van der Waals surface area contributed by atoms with Crippen LogP contribution in [0.3, 0.4) is 0 Å². The zero-order valence-corrected chi connectivity index (χ0v) is 19.8. The number of benzene rings is 3. The lowest BCUT2D eigenvalue weighted by Gasteiger charge is -2.39. The summed E-state index contributed by atoms with van der Waals surface area (Å²) in [5.41, 5.74) is -0.364. The van der Waals surface area contributed by atoms with E-state index in [4.69, 9.17) is 4.74 Å². The Bertz CT molecular complexity index is 1270. The van der Waals surface area contributed by atoms with E-state index >= 15 is 0 Å². The van der Waals surface area contributed by atoms with Gasteiger partial charge in [0.2, 0.25) is 0 Å². The number of phenolic OH excluding ortho intramolecular Hbond substituents is 1. The topological polar surface area (TPSA) is 95.9 Å². The summed E-state index contributed by atoms with van der Waals surface area (Å²) in [5, 5.41) is 25.2. The summed E-state index contributed by atoms with van der Waals surface area (Å²) in [6.07, 6.45) is -0.106. The first-order chi connectivity index (χ1) is 16.5. The van der Waals surface area contributed by atoms with E-state index < -0.39 is 34.6 Å². The second kappa shape index (κ2) is 9.15. The van der Waals surface area contributed by atoms with Crippen molar-refractivity contribution >= 4 is 17.6 Å². The van der Waals surface area contributed by atoms with E-state index in [-0.39, 0.29) is 24.3 Å². The number of halogens is 1. The number of carbonyl (C=O) groups excluding carboxylic acids is 2. The van der Waals surface area contributed by atoms with Gasteiger partial charge in [0.25, 0.3) is 5.91 Å². The van der Waals surface area contributed by atoms with Crippen LogP contribution in [0.4, 0.5) is 10.1 Å². The molecule has 4 rings (SSSR count). The molecule has 7 heteroatoms. The maximum absolute atomic E-state index is 14.0. The van der Waals surface area contributed by atoms with Gasteiger partial charge in [0.1, 0.15) is 18.2 Å². The van der Waals surface area contributed by atoms with Crippen LogP contribution in [0.1, 0.15) is 60.2 Å². The van der Waals surface area contributed by atoms with E-state index in [0.29, 0.717) is 16.8 Å². The summed E-state index contributed by atoms with van der Waals surface area (Å²) >= 11 is 0. The number of esters is 1. The van der Waals surface area contributed by atoms with Gasteiger partial charge in [-0.15, -0.1) is 0 Å². The van der Waals surface area contributed by atoms with Gasteiger partial charge < -0.3 is 20.3 Å². The van der Waals surface area contributed by atoms with Crippen LogP contribution in [0.25, 0.3) is 0 Å². The Kier molecular flexibility index (Phi) is 6.38. The molecule has 0 saturated carbocycles. The molecule has 1 aliphatic heterocycles. The minimum absolute atomic E-state index is 0.106. The van der Waals surface area contributed by atoms with Crippen molar-refractivity contribution in [2.45, 2.75) is 50.7 Å². The van der Waals surface area contributed by atoms with E-state index in [1.54, 1.807) is 39.0 Å². The molecule has 6 nitrogen and oxygen atoms in total. The Morgan fingerprint density at radius 3 is 2.54 bits per heavy atom. The molecule has 2 atom stereocenters. The Hall–Kier alpha value is -3.71. The number of hydrogen-bond acceptors (Lipinski definition) is 5. The monoisotopic (exact) mass is 477 g/mol. The number of ether oxygens (including phenoxy) is 1. The summed E-state index contributed by atoms with van der Waals surface area (Å²) in [7, 11) is 0. The number of anilines is 1. The van der Waals surface area contributed by atoms with Crippen molar-refractivity contribution in [2.24, 2.45) is 0 Å². The van der Waals surface area contributed by atoms with Gasteiger partial charge in [0, 0.05) is 22.7 Å². The Morgan fingerprint density at radius 1 is 1.11 bits per heavy atom. The van der Waals surface area contributed by atoms with Crippen LogP contribution in [0.15, 0.2) is 66.7 Å². The average molecular weight is 478 g/mol. The standard InChI is InChI=1S/C28H28FNO5/c1-17(18-7-5-4-6-8-18)28(34,16-27(2,3)23-14-20(29)9-12-24(23)31)26(33)30-21-10-11-22-19(13-21)15-35-25(22)32/h4-14,17,31,34H,15-16H2,1-3H3,(H,30,33). The molecule has 0 saturated heterocycles. The second-order valence-corrected chi connectivity index (χ2v) is 9.68. The second-order valence-electron chi connectivity index (χ2n) is 9.68. The number of aromatic hydroxyl groups is 1. The molecule has 3 aromatic rings. The van der Waals surface area contributed by atoms with Gasteiger partial charge in [0.05, 0.1) is 5.56 Å². The third kappa shape index (κ3) is 4.77.